The van der Waals surface area contributed by atoms with Crippen LogP contribution in [-0.4, -0.2) is 5.16 Å². The molecule has 0 atom stereocenters. The highest BCUT2D eigenvalue weighted by molar-refractivity contribution is 7.96. The van der Waals surface area contributed by atoms with Crippen molar-refractivity contribution in [2.75, 3.05) is 0 Å². The van der Waals surface area contributed by atoms with Gasteiger partial charge in [0.15, 0.2) is 0 Å². The molecule has 0 unspecified atom stereocenters. The van der Waals surface area contributed by atoms with Crippen molar-refractivity contribution in [1.82, 2.24) is 0 Å². The van der Waals surface area contributed by atoms with Crippen LogP contribution in [-0.2, 0) is 0 Å². The Morgan fingerprint density at radius 1 is 0.500 bits per heavy atom. The molecule has 0 saturated heterocycles. The normalized spacial score (nSPS) is 11.6. The lowest BCUT2D eigenvalue weighted by molar-refractivity contribution is 0.786. The Hall–Kier alpha value is -1.91. The Kier molecular flexibility index (Phi) is 5.62. The Morgan fingerprint density at radius 2 is 0.750 bits per heavy atom. The van der Waals surface area contributed by atoms with Crippen LogP contribution in [0.1, 0.15) is 20.8 Å². The van der Waals surface area contributed by atoms with Gasteiger partial charge in [0.05, 0.1) is 5.16 Å². The van der Waals surface area contributed by atoms with E-state index in [9.17, 15) is 0 Å². The first kappa shape index (κ1) is 18.4. The molecule has 0 aromatic heterocycles. The Morgan fingerprint density at radius 3 is 0.958 bits per heavy atom. The topological polar surface area (TPSA) is 0 Å². The van der Waals surface area contributed by atoms with Gasteiger partial charge in [0.1, 0.15) is 23.2 Å². The van der Waals surface area contributed by atoms with Crippen molar-refractivity contribution >= 4 is 23.2 Å². The molecule has 124 valence electrons. The molecule has 0 saturated carbocycles. The van der Waals surface area contributed by atoms with Crippen molar-refractivity contribution in [3.05, 3.63) is 98.4 Å². The van der Waals surface area contributed by atoms with Crippen LogP contribution in [0.4, 0.5) is 0 Å². The Balaban J connectivity index is 0.00000208. The van der Waals surface area contributed by atoms with Crippen LogP contribution < -0.4 is 15.9 Å². The first-order chi connectivity index (χ1) is 11.1. The van der Waals surface area contributed by atoms with Gasteiger partial charge in [-0.25, -0.2) is 0 Å². The third-order valence-corrected chi connectivity index (χ3v) is 9.67. The standard InChI is InChI=1S/C22H24P.CH3/c1-22(2,3)23(19-13-7-4-8-14-19,20-15-9-5-10-16-20)21-17-11-6-12-18-21;/h4-18H,1-3H3;1H3/q+1;-1. The summed E-state index contributed by atoms with van der Waals surface area (Å²) in [6.45, 7) is 7.15. The average Bonchev–Trinajstić information content (AvgIpc) is 2.57. The molecule has 0 aliphatic carbocycles. The van der Waals surface area contributed by atoms with E-state index in [4.69, 9.17) is 0 Å². The molecule has 3 rings (SSSR count). The molecule has 0 fully saturated rings. The monoisotopic (exact) mass is 334 g/mol. The summed E-state index contributed by atoms with van der Waals surface area (Å²) < 4.78 is 0. The maximum atomic E-state index is 2.38. The van der Waals surface area contributed by atoms with Gasteiger partial charge in [-0.3, -0.25) is 0 Å². The largest absolute Gasteiger partial charge is 0.358 e. The lowest BCUT2D eigenvalue weighted by atomic mass is 10.2. The van der Waals surface area contributed by atoms with Crippen molar-refractivity contribution in [2.24, 2.45) is 0 Å². The predicted octanol–water partition coefficient (Wildman–Crippen LogP) is 5.23. The third kappa shape index (κ3) is 3.04. The number of hydrogen-bond donors (Lipinski definition) is 0. The van der Waals surface area contributed by atoms with Gasteiger partial charge in [0.25, 0.3) is 0 Å². The average molecular weight is 334 g/mol. The second kappa shape index (κ2) is 7.32. The maximum absolute atomic E-state index is 2.38. The van der Waals surface area contributed by atoms with Gasteiger partial charge < -0.3 is 7.43 Å². The van der Waals surface area contributed by atoms with Crippen LogP contribution in [0.2, 0.25) is 0 Å². The molecule has 3 aromatic carbocycles. The minimum Gasteiger partial charge on any atom is -0.358 e. The van der Waals surface area contributed by atoms with Crippen molar-refractivity contribution in [3.63, 3.8) is 0 Å². The summed E-state index contributed by atoms with van der Waals surface area (Å²) in [7, 11) is -1.74. The van der Waals surface area contributed by atoms with Gasteiger partial charge in [0.2, 0.25) is 0 Å². The molecule has 0 spiro atoms. The Bertz CT molecular complexity index is 644. The number of hydrogen-bond acceptors (Lipinski definition) is 0. The van der Waals surface area contributed by atoms with E-state index in [0.29, 0.717) is 0 Å². The van der Waals surface area contributed by atoms with E-state index in [2.05, 4.69) is 112 Å². The fourth-order valence-electron chi connectivity index (χ4n) is 3.56. The van der Waals surface area contributed by atoms with E-state index in [-0.39, 0.29) is 12.6 Å². The van der Waals surface area contributed by atoms with Crippen molar-refractivity contribution < 1.29 is 0 Å². The quantitative estimate of drug-likeness (QED) is 0.454. The van der Waals surface area contributed by atoms with Gasteiger partial charge in [0, 0.05) is 0 Å². The van der Waals surface area contributed by atoms with Crippen LogP contribution >= 0.6 is 7.26 Å². The van der Waals surface area contributed by atoms with E-state index in [1.54, 1.807) is 0 Å². The fraction of sp³-hybridized carbons (Fsp3) is 0.174. The van der Waals surface area contributed by atoms with E-state index in [0.717, 1.165) is 0 Å². The summed E-state index contributed by atoms with van der Waals surface area (Å²) in [6, 6.07) is 33.2. The molecular formula is C23H27P. The molecule has 3 aromatic rings. The molecule has 0 bridgehead atoms. The third-order valence-electron chi connectivity index (χ3n) is 4.44. The first-order valence-corrected chi connectivity index (χ1v) is 9.92. The summed E-state index contributed by atoms with van der Waals surface area (Å²) in [4.78, 5) is 0. The zero-order valence-corrected chi connectivity index (χ0v) is 16.0. The molecule has 0 aliphatic heterocycles. The first-order valence-electron chi connectivity index (χ1n) is 8.13. The summed E-state index contributed by atoms with van der Waals surface area (Å²) >= 11 is 0. The zero-order valence-electron chi connectivity index (χ0n) is 15.1. The molecule has 0 N–H and O–H groups in total. The lowest BCUT2D eigenvalue weighted by Gasteiger charge is -2.38. The minimum atomic E-state index is -1.74. The van der Waals surface area contributed by atoms with Crippen LogP contribution in [0, 0.1) is 7.43 Å². The van der Waals surface area contributed by atoms with E-state index in [1.165, 1.54) is 15.9 Å². The zero-order chi connectivity index (χ0) is 16.3. The molecule has 1 heteroatoms. The lowest BCUT2D eigenvalue weighted by Crippen LogP contribution is -2.42. The minimum absolute atomic E-state index is 0. The van der Waals surface area contributed by atoms with E-state index in [1.807, 2.05) is 0 Å². The van der Waals surface area contributed by atoms with E-state index < -0.39 is 7.26 Å². The van der Waals surface area contributed by atoms with Crippen molar-refractivity contribution in [2.45, 2.75) is 25.9 Å². The molecule has 0 nitrogen and oxygen atoms in total. The van der Waals surface area contributed by atoms with Crippen LogP contribution in [0.15, 0.2) is 91.0 Å². The smallest absolute Gasteiger partial charge is 0.117 e. The van der Waals surface area contributed by atoms with Crippen LogP contribution in [0.3, 0.4) is 0 Å². The summed E-state index contributed by atoms with van der Waals surface area (Å²) in [6.07, 6.45) is 0. The highest BCUT2D eigenvalue weighted by atomic mass is 31.2. The number of benzene rings is 3. The molecule has 0 radical (unpaired) electrons. The van der Waals surface area contributed by atoms with Crippen LogP contribution in [0.25, 0.3) is 0 Å². The summed E-state index contributed by atoms with van der Waals surface area (Å²) in [5, 5.41) is 4.48. The second-order valence-corrected chi connectivity index (χ2v) is 11.1. The van der Waals surface area contributed by atoms with Gasteiger partial charge in [-0.2, -0.15) is 0 Å². The SMILES string of the molecule is CC(C)(C)[P+](c1ccccc1)(c1ccccc1)c1ccccc1.[CH3-]. The predicted molar refractivity (Wildman–Crippen MR) is 111 cm³/mol. The van der Waals surface area contributed by atoms with Gasteiger partial charge in [-0.05, 0) is 57.2 Å². The van der Waals surface area contributed by atoms with E-state index >= 15 is 0 Å². The van der Waals surface area contributed by atoms with Gasteiger partial charge >= 0.3 is 0 Å². The summed E-state index contributed by atoms with van der Waals surface area (Å²) in [5.74, 6) is 0. The van der Waals surface area contributed by atoms with Crippen molar-refractivity contribution in [1.29, 1.82) is 0 Å². The Labute approximate surface area is 147 Å². The molecule has 24 heavy (non-hydrogen) atoms. The molecule has 0 amide bonds. The highest BCUT2D eigenvalue weighted by Gasteiger charge is 2.54. The van der Waals surface area contributed by atoms with Gasteiger partial charge in [-0.1, -0.05) is 54.6 Å². The fourth-order valence-corrected chi connectivity index (χ4v) is 8.64. The maximum Gasteiger partial charge on any atom is 0.117 e. The number of rotatable bonds is 3. The van der Waals surface area contributed by atoms with Gasteiger partial charge in [-0.15, -0.1) is 0 Å². The second-order valence-electron chi connectivity index (χ2n) is 6.85. The van der Waals surface area contributed by atoms with Crippen molar-refractivity contribution in [3.8, 4) is 0 Å². The highest BCUT2D eigenvalue weighted by Crippen LogP contribution is 2.65. The molecular weight excluding hydrogens is 307 g/mol. The molecule has 0 heterocycles. The van der Waals surface area contributed by atoms with Crippen LogP contribution in [0.5, 0.6) is 0 Å². The summed E-state index contributed by atoms with van der Waals surface area (Å²) in [5.41, 5.74) is 0. The molecule has 0 aliphatic rings.